The van der Waals surface area contributed by atoms with Crippen molar-refractivity contribution in [1.29, 1.82) is 5.26 Å². The van der Waals surface area contributed by atoms with Crippen molar-refractivity contribution in [3.8, 4) is 6.07 Å². The Morgan fingerprint density at radius 3 is 2.56 bits per heavy atom. The normalized spacial score (nSPS) is 11.8. The first-order chi connectivity index (χ1) is 12.2. The van der Waals surface area contributed by atoms with E-state index in [0.29, 0.717) is 30.6 Å². The summed E-state index contributed by atoms with van der Waals surface area (Å²) in [7, 11) is 1.95. The molecule has 5 nitrogen and oxygen atoms in total. The Balaban J connectivity index is 1.94. The van der Waals surface area contributed by atoms with E-state index in [9.17, 15) is 9.90 Å². The number of nitrogens with one attached hydrogen (secondary N) is 1. The van der Waals surface area contributed by atoms with Crippen LogP contribution in [-0.2, 0) is 4.79 Å². The van der Waals surface area contributed by atoms with Gasteiger partial charge in [0.25, 0.3) is 0 Å². The van der Waals surface area contributed by atoms with Crippen LogP contribution < -0.4 is 5.32 Å². The van der Waals surface area contributed by atoms with Gasteiger partial charge in [-0.2, -0.15) is 5.26 Å². The van der Waals surface area contributed by atoms with E-state index in [4.69, 9.17) is 5.26 Å². The van der Waals surface area contributed by atoms with Gasteiger partial charge in [0.15, 0.2) is 0 Å². The molecule has 0 saturated heterocycles. The smallest absolute Gasteiger partial charge is 0.225 e. The Hall–Kier alpha value is -2.68. The van der Waals surface area contributed by atoms with Crippen molar-refractivity contribution in [2.24, 2.45) is 0 Å². The topological polar surface area (TPSA) is 76.4 Å². The highest BCUT2D eigenvalue weighted by atomic mass is 16.3. The number of carbonyl (C=O) groups excluding carboxylic acids is 1. The minimum atomic E-state index is -0.134. The summed E-state index contributed by atoms with van der Waals surface area (Å²) in [6, 6.07) is 19.0. The number of amides is 1. The van der Waals surface area contributed by atoms with E-state index < -0.39 is 0 Å². The minimum absolute atomic E-state index is 0.0606. The summed E-state index contributed by atoms with van der Waals surface area (Å²) in [5, 5.41) is 21.2. The quantitative estimate of drug-likeness (QED) is 0.776. The van der Waals surface area contributed by atoms with Crippen molar-refractivity contribution < 1.29 is 9.90 Å². The van der Waals surface area contributed by atoms with E-state index in [-0.39, 0.29) is 18.6 Å². The third-order valence-corrected chi connectivity index (χ3v) is 4.13. The van der Waals surface area contributed by atoms with Gasteiger partial charge in [-0.1, -0.05) is 42.5 Å². The molecule has 1 amide bonds. The van der Waals surface area contributed by atoms with Gasteiger partial charge in [-0.3, -0.25) is 9.69 Å². The summed E-state index contributed by atoms with van der Waals surface area (Å²) in [4.78, 5) is 14.3. The van der Waals surface area contributed by atoms with Crippen LogP contribution in [0.15, 0.2) is 54.6 Å². The van der Waals surface area contributed by atoms with Gasteiger partial charge in [-0.05, 0) is 31.2 Å². The molecule has 0 aliphatic heterocycles. The van der Waals surface area contributed by atoms with Crippen molar-refractivity contribution in [1.82, 2.24) is 4.90 Å². The highest BCUT2D eigenvalue weighted by Gasteiger charge is 2.17. The first kappa shape index (κ1) is 18.7. The van der Waals surface area contributed by atoms with Gasteiger partial charge in [0, 0.05) is 25.6 Å². The average Bonchev–Trinajstić information content (AvgIpc) is 2.65. The molecule has 2 aromatic carbocycles. The van der Waals surface area contributed by atoms with Gasteiger partial charge in [-0.15, -0.1) is 0 Å². The summed E-state index contributed by atoms with van der Waals surface area (Å²) < 4.78 is 0. The van der Waals surface area contributed by atoms with E-state index in [1.165, 1.54) is 0 Å². The second-order valence-electron chi connectivity index (χ2n) is 5.87. The van der Waals surface area contributed by atoms with Gasteiger partial charge in [0.2, 0.25) is 5.91 Å². The predicted octanol–water partition coefficient (Wildman–Crippen LogP) is 2.94. The maximum Gasteiger partial charge on any atom is 0.225 e. The number of hydrogen-bond donors (Lipinski definition) is 2. The monoisotopic (exact) mass is 337 g/mol. The van der Waals surface area contributed by atoms with Gasteiger partial charge in [0.1, 0.15) is 6.07 Å². The maximum absolute atomic E-state index is 12.2. The molecule has 0 aliphatic rings. The zero-order chi connectivity index (χ0) is 18.1. The molecule has 2 aromatic rings. The Kier molecular flexibility index (Phi) is 7.15. The summed E-state index contributed by atoms with van der Waals surface area (Å²) >= 11 is 0. The lowest BCUT2D eigenvalue weighted by Crippen LogP contribution is -2.29. The lowest BCUT2D eigenvalue weighted by Gasteiger charge is -2.28. The molecule has 2 rings (SSSR count). The van der Waals surface area contributed by atoms with Crippen molar-refractivity contribution in [2.45, 2.75) is 18.9 Å². The first-order valence-electron chi connectivity index (χ1n) is 8.30. The van der Waals surface area contributed by atoms with E-state index in [0.717, 1.165) is 5.56 Å². The number of hydrogen-bond acceptors (Lipinski definition) is 4. The third-order valence-electron chi connectivity index (χ3n) is 4.13. The molecule has 0 heterocycles. The Morgan fingerprint density at radius 1 is 1.20 bits per heavy atom. The Morgan fingerprint density at radius 2 is 1.88 bits per heavy atom. The van der Waals surface area contributed by atoms with Crippen LogP contribution in [0.1, 0.15) is 30.0 Å². The summed E-state index contributed by atoms with van der Waals surface area (Å²) in [5.74, 6) is -0.134. The number of para-hydroxylation sites is 1. The number of benzene rings is 2. The van der Waals surface area contributed by atoms with Crippen LogP contribution in [0.2, 0.25) is 0 Å². The molecule has 0 fully saturated rings. The molecule has 0 saturated carbocycles. The second-order valence-corrected chi connectivity index (χ2v) is 5.87. The zero-order valence-corrected chi connectivity index (χ0v) is 14.4. The number of nitrogens with zero attached hydrogens (tertiary/aromatic N) is 2. The maximum atomic E-state index is 12.2. The Labute approximate surface area is 148 Å². The highest BCUT2D eigenvalue weighted by Crippen LogP contribution is 2.23. The van der Waals surface area contributed by atoms with Crippen LogP contribution in [-0.4, -0.2) is 36.1 Å². The second kappa shape index (κ2) is 9.58. The molecule has 130 valence electrons. The molecule has 0 spiro atoms. The number of nitriles is 1. The van der Waals surface area contributed by atoms with E-state index >= 15 is 0 Å². The van der Waals surface area contributed by atoms with Crippen LogP contribution in [0.4, 0.5) is 5.69 Å². The lowest BCUT2D eigenvalue weighted by molar-refractivity contribution is -0.116. The molecule has 0 bridgehead atoms. The molecule has 5 heteroatoms. The summed E-state index contributed by atoms with van der Waals surface area (Å²) in [5.41, 5.74) is 2.11. The Bertz CT molecular complexity index is 725. The molecular formula is C20H23N3O2. The number of anilines is 1. The van der Waals surface area contributed by atoms with Crippen LogP contribution in [0.25, 0.3) is 0 Å². The minimum Gasteiger partial charge on any atom is -0.396 e. The van der Waals surface area contributed by atoms with Gasteiger partial charge in [0.05, 0.1) is 11.3 Å². The fourth-order valence-electron chi connectivity index (χ4n) is 2.78. The fourth-order valence-corrected chi connectivity index (χ4v) is 2.78. The van der Waals surface area contributed by atoms with Crippen LogP contribution in [0.3, 0.4) is 0 Å². The van der Waals surface area contributed by atoms with Crippen molar-refractivity contribution in [3.05, 3.63) is 65.7 Å². The van der Waals surface area contributed by atoms with Crippen LogP contribution in [0.5, 0.6) is 0 Å². The first-order valence-corrected chi connectivity index (χ1v) is 8.30. The van der Waals surface area contributed by atoms with Crippen molar-refractivity contribution in [3.63, 3.8) is 0 Å². The molecule has 1 atom stereocenters. The lowest BCUT2D eigenvalue weighted by atomic mass is 10.0. The van der Waals surface area contributed by atoms with E-state index in [1.54, 1.807) is 24.3 Å². The van der Waals surface area contributed by atoms with Crippen LogP contribution >= 0.6 is 0 Å². The largest absolute Gasteiger partial charge is 0.396 e. The molecule has 0 aliphatic carbocycles. The number of aliphatic hydroxyl groups is 1. The third kappa shape index (κ3) is 5.42. The van der Waals surface area contributed by atoms with E-state index in [2.05, 4.69) is 16.3 Å². The van der Waals surface area contributed by atoms with Gasteiger partial charge >= 0.3 is 0 Å². The predicted molar refractivity (Wildman–Crippen MR) is 97.9 cm³/mol. The zero-order valence-electron chi connectivity index (χ0n) is 14.4. The SMILES string of the molecule is CN(CCC(=O)Nc1ccccc1C#N)C(CCO)c1ccccc1. The molecular weight excluding hydrogens is 314 g/mol. The van der Waals surface area contributed by atoms with Crippen molar-refractivity contribution in [2.75, 3.05) is 25.5 Å². The van der Waals surface area contributed by atoms with Gasteiger partial charge < -0.3 is 10.4 Å². The molecule has 0 aromatic heterocycles. The van der Waals surface area contributed by atoms with Crippen molar-refractivity contribution >= 4 is 11.6 Å². The average molecular weight is 337 g/mol. The van der Waals surface area contributed by atoms with Crippen LogP contribution in [0, 0.1) is 11.3 Å². The molecule has 2 N–H and O–H groups in total. The molecule has 0 radical (unpaired) electrons. The van der Waals surface area contributed by atoms with Gasteiger partial charge in [-0.25, -0.2) is 0 Å². The number of rotatable bonds is 8. The molecule has 1 unspecified atom stereocenters. The summed E-state index contributed by atoms with van der Waals surface area (Å²) in [6.45, 7) is 0.645. The standard InChI is InChI=1S/C20H23N3O2/c1-23(19(12-14-24)16-7-3-2-4-8-16)13-11-20(25)22-18-10-6-5-9-17(18)15-21/h2-10,19,24H,11-14H2,1H3,(H,22,25). The highest BCUT2D eigenvalue weighted by molar-refractivity contribution is 5.92. The fraction of sp³-hybridized carbons (Fsp3) is 0.300. The number of aliphatic hydroxyl groups excluding tert-OH is 1. The van der Waals surface area contributed by atoms with E-state index in [1.807, 2.05) is 37.4 Å². The summed E-state index contributed by atoms with van der Waals surface area (Å²) in [6.07, 6.45) is 0.921. The number of carbonyl (C=O) groups is 1. The molecule has 25 heavy (non-hydrogen) atoms.